The number of alkyl halides is 3. The van der Waals surface area contributed by atoms with Gasteiger partial charge in [-0.3, -0.25) is 0 Å². The molecule has 0 unspecified atom stereocenters. The van der Waals surface area contributed by atoms with Gasteiger partial charge in [-0.25, -0.2) is 19.4 Å². The highest BCUT2D eigenvalue weighted by molar-refractivity contribution is 5.91. The minimum atomic E-state index is -4.85. The van der Waals surface area contributed by atoms with Gasteiger partial charge in [0, 0.05) is 44.6 Å². The molecule has 12 heteroatoms. The Morgan fingerprint density at radius 1 is 1.03 bits per heavy atom. The summed E-state index contributed by atoms with van der Waals surface area (Å²) in [6.45, 7) is 1.75. The van der Waals surface area contributed by atoms with E-state index in [1.54, 1.807) is 29.2 Å². The van der Waals surface area contributed by atoms with Crippen LogP contribution in [-0.4, -0.2) is 63.2 Å². The molecule has 1 aliphatic rings. The molecule has 9 nitrogen and oxygen atoms in total. The van der Waals surface area contributed by atoms with Crippen LogP contribution in [0.3, 0.4) is 0 Å². The molecule has 0 spiro atoms. The predicted molar refractivity (Wildman–Crippen MR) is 105 cm³/mol. The maximum Gasteiger partial charge on any atom is 0.573 e. The summed E-state index contributed by atoms with van der Waals surface area (Å²) in [5.74, 6) is 0.857. The first kappa shape index (κ1) is 20.4. The highest BCUT2D eigenvalue weighted by Gasteiger charge is 2.32. The standard InChI is InChI=1S/C19H18F3N7O2/c20-19(21,22)31-15-5-2-1-4-14(15)26-18(30)28-10-8-27(9-11-28)16-12-17(24-13-23-16)29-7-3-6-25-29/h1-7,12-13H,8-11H2,(H,26,30). The van der Waals surface area contributed by atoms with Crippen molar-refractivity contribution in [3.8, 4) is 11.6 Å². The van der Waals surface area contributed by atoms with Gasteiger partial charge in [0.25, 0.3) is 0 Å². The number of benzene rings is 1. The van der Waals surface area contributed by atoms with Gasteiger partial charge in [0.05, 0.1) is 5.69 Å². The van der Waals surface area contributed by atoms with Crippen LogP contribution in [0.2, 0.25) is 0 Å². The maximum absolute atomic E-state index is 12.6. The molecule has 1 aliphatic heterocycles. The molecule has 3 aromatic rings. The molecule has 31 heavy (non-hydrogen) atoms. The number of ether oxygens (including phenoxy) is 1. The first-order valence-electron chi connectivity index (χ1n) is 9.37. The normalized spacial score (nSPS) is 14.4. The van der Waals surface area contributed by atoms with Gasteiger partial charge in [0.2, 0.25) is 0 Å². The van der Waals surface area contributed by atoms with Gasteiger partial charge in [-0.15, -0.1) is 13.2 Å². The maximum atomic E-state index is 12.6. The van der Waals surface area contributed by atoms with Gasteiger partial charge < -0.3 is 19.9 Å². The molecule has 3 heterocycles. The molecule has 162 valence electrons. The van der Waals surface area contributed by atoms with E-state index in [-0.39, 0.29) is 5.69 Å². The molecule has 2 aromatic heterocycles. The predicted octanol–water partition coefficient (Wildman–Crippen LogP) is 2.92. The summed E-state index contributed by atoms with van der Waals surface area (Å²) in [5.41, 5.74) is -0.0491. The molecule has 0 bridgehead atoms. The van der Waals surface area contributed by atoms with Gasteiger partial charge in [-0.2, -0.15) is 5.10 Å². The number of hydrogen-bond acceptors (Lipinski definition) is 6. The second-order valence-electron chi connectivity index (χ2n) is 6.63. The number of aromatic nitrogens is 4. The summed E-state index contributed by atoms with van der Waals surface area (Å²) in [4.78, 5) is 24.6. The van der Waals surface area contributed by atoms with Crippen molar-refractivity contribution in [1.29, 1.82) is 0 Å². The number of amides is 2. The molecule has 1 N–H and O–H groups in total. The molecular formula is C19H18F3N7O2. The summed E-state index contributed by atoms with van der Waals surface area (Å²) >= 11 is 0. The van der Waals surface area contributed by atoms with Crippen LogP contribution in [0.25, 0.3) is 5.82 Å². The van der Waals surface area contributed by atoms with Crippen molar-refractivity contribution < 1.29 is 22.7 Å². The van der Waals surface area contributed by atoms with E-state index in [0.29, 0.717) is 37.8 Å². The van der Waals surface area contributed by atoms with Crippen LogP contribution in [0, 0.1) is 0 Å². The minimum absolute atomic E-state index is 0.0491. The van der Waals surface area contributed by atoms with E-state index in [2.05, 4.69) is 25.1 Å². The van der Waals surface area contributed by atoms with Crippen LogP contribution in [0.1, 0.15) is 0 Å². The summed E-state index contributed by atoms with van der Waals surface area (Å²) in [5, 5.41) is 6.63. The molecule has 1 fully saturated rings. The van der Waals surface area contributed by atoms with Crippen LogP contribution >= 0.6 is 0 Å². The molecule has 0 saturated carbocycles. The zero-order valence-corrected chi connectivity index (χ0v) is 16.2. The van der Waals surface area contributed by atoms with E-state index in [1.165, 1.54) is 29.4 Å². The second kappa shape index (κ2) is 8.50. The first-order chi connectivity index (χ1) is 14.9. The summed E-state index contributed by atoms with van der Waals surface area (Å²) < 4.78 is 43.3. The number of carbonyl (C=O) groups excluding carboxylic acids is 1. The average Bonchev–Trinajstić information content (AvgIpc) is 3.29. The van der Waals surface area contributed by atoms with E-state index in [4.69, 9.17) is 0 Å². The topological polar surface area (TPSA) is 88.4 Å². The number of piperazine rings is 1. The molecule has 0 aliphatic carbocycles. The van der Waals surface area contributed by atoms with Gasteiger partial charge in [0.15, 0.2) is 11.6 Å². The van der Waals surface area contributed by atoms with Crippen molar-refractivity contribution >= 4 is 17.5 Å². The highest BCUT2D eigenvalue weighted by atomic mass is 19.4. The first-order valence-corrected chi connectivity index (χ1v) is 9.37. The lowest BCUT2D eigenvalue weighted by atomic mass is 10.3. The lowest BCUT2D eigenvalue weighted by Crippen LogP contribution is -2.50. The lowest BCUT2D eigenvalue weighted by molar-refractivity contribution is -0.274. The van der Waals surface area contributed by atoms with Gasteiger partial charge in [-0.05, 0) is 18.2 Å². The second-order valence-corrected chi connectivity index (χ2v) is 6.63. The molecule has 2 amide bonds. The smallest absolute Gasteiger partial charge is 0.404 e. The SMILES string of the molecule is O=C(Nc1ccccc1OC(F)(F)F)N1CCN(c2cc(-n3cccn3)ncn2)CC1. The zero-order chi connectivity index (χ0) is 21.8. The van der Waals surface area contributed by atoms with Crippen LogP contribution in [0.5, 0.6) is 5.75 Å². The van der Waals surface area contributed by atoms with E-state index in [9.17, 15) is 18.0 Å². The third-order valence-corrected chi connectivity index (χ3v) is 4.62. The fraction of sp³-hybridized carbons (Fsp3) is 0.263. The number of carbonyl (C=O) groups is 1. The van der Waals surface area contributed by atoms with Gasteiger partial charge >= 0.3 is 12.4 Å². The van der Waals surface area contributed by atoms with E-state index < -0.39 is 18.1 Å². The Kier molecular flexibility index (Phi) is 5.60. The van der Waals surface area contributed by atoms with Crippen LogP contribution in [0.4, 0.5) is 29.5 Å². The van der Waals surface area contributed by atoms with E-state index in [1.807, 2.05) is 4.90 Å². The minimum Gasteiger partial charge on any atom is -0.404 e. The number of para-hydroxylation sites is 2. The molecular weight excluding hydrogens is 415 g/mol. The molecule has 4 rings (SSSR count). The molecule has 1 saturated heterocycles. The molecule has 0 radical (unpaired) electrons. The van der Waals surface area contributed by atoms with E-state index in [0.717, 1.165) is 6.07 Å². The zero-order valence-electron chi connectivity index (χ0n) is 16.2. The number of nitrogens with one attached hydrogen (secondary N) is 1. The Morgan fingerprint density at radius 2 is 1.77 bits per heavy atom. The monoisotopic (exact) mass is 433 g/mol. The number of anilines is 2. The Morgan fingerprint density at radius 3 is 2.48 bits per heavy atom. The number of urea groups is 1. The number of nitrogens with zero attached hydrogens (tertiary/aromatic N) is 6. The quantitative estimate of drug-likeness (QED) is 0.681. The Balaban J connectivity index is 1.38. The average molecular weight is 433 g/mol. The fourth-order valence-electron chi connectivity index (χ4n) is 3.16. The Bertz CT molecular complexity index is 1030. The summed E-state index contributed by atoms with van der Waals surface area (Å²) in [6, 6.07) is 8.50. The lowest BCUT2D eigenvalue weighted by Gasteiger charge is -2.35. The highest BCUT2D eigenvalue weighted by Crippen LogP contribution is 2.30. The van der Waals surface area contributed by atoms with Gasteiger partial charge in [0.1, 0.15) is 12.1 Å². The van der Waals surface area contributed by atoms with Crippen LogP contribution < -0.4 is 15.0 Å². The fourth-order valence-corrected chi connectivity index (χ4v) is 3.16. The van der Waals surface area contributed by atoms with Crippen molar-refractivity contribution in [2.24, 2.45) is 0 Å². The van der Waals surface area contributed by atoms with Crippen molar-refractivity contribution in [1.82, 2.24) is 24.6 Å². The van der Waals surface area contributed by atoms with Crippen molar-refractivity contribution in [2.45, 2.75) is 6.36 Å². The van der Waals surface area contributed by atoms with Crippen LogP contribution in [0.15, 0.2) is 55.1 Å². The largest absolute Gasteiger partial charge is 0.573 e. The number of halogens is 3. The summed E-state index contributed by atoms with van der Waals surface area (Å²) in [7, 11) is 0. The molecule has 1 aromatic carbocycles. The van der Waals surface area contributed by atoms with Crippen molar-refractivity contribution in [3.63, 3.8) is 0 Å². The third kappa shape index (κ3) is 5.02. The number of hydrogen-bond donors (Lipinski definition) is 1. The Hall–Kier alpha value is -3.83. The van der Waals surface area contributed by atoms with Crippen molar-refractivity contribution in [2.75, 3.05) is 36.4 Å². The molecule has 0 atom stereocenters. The van der Waals surface area contributed by atoms with Gasteiger partial charge in [-0.1, -0.05) is 12.1 Å². The Labute approximate surface area is 175 Å². The summed E-state index contributed by atoms with van der Waals surface area (Å²) in [6.07, 6.45) is 0.0217. The van der Waals surface area contributed by atoms with Crippen LogP contribution in [-0.2, 0) is 0 Å². The van der Waals surface area contributed by atoms with E-state index >= 15 is 0 Å². The van der Waals surface area contributed by atoms with Crippen molar-refractivity contribution in [3.05, 3.63) is 55.1 Å². The third-order valence-electron chi connectivity index (χ3n) is 4.62. The number of rotatable bonds is 4.